The standard InChI is InChI=1S/C19H18F4N2O/c1-4-24-13-9-14(20)16-15(10-13)26-18(2,3)25-17(16)11-5-7-12(8-6-11)19(21,22)23/h5-10,24H,4H2,1-3H3. The molecule has 2 aromatic carbocycles. The summed E-state index contributed by atoms with van der Waals surface area (Å²) in [5.74, 6) is -0.247. The first-order chi connectivity index (χ1) is 12.1. The van der Waals surface area contributed by atoms with Gasteiger partial charge in [0.1, 0.15) is 11.6 Å². The smallest absolute Gasteiger partial charge is 0.416 e. The maximum Gasteiger partial charge on any atom is 0.416 e. The number of rotatable bonds is 3. The van der Waals surface area contributed by atoms with Gasteiger partial charge in [0.05, 0.1) is 16.8 Å². The van der Waals surface area contributed by atoms with Crippen LogP contribution in [0.2, 0.25) is 0 Å². The van der Waals surface area contributed by atoms with E-state index in [-0.39, 0.29) is 11.3 Å². The van der Waals surface area contributed by atoms with E-state index in [1.807, 2.05) is 6.92 Å². The van der Waals surface area contributed by atoms with Crippen LogP contribution in [-0.2, 0) is 6.18 Å². The SMILES string of the molecule is CCNc1cc(F)c2c(c1)OC(C)(C)N=C2c1ccc(C(F)(F)F)cc1. The second-order valence-corrected chi connectivity index (χ2v) is 6.45. The van der Waals surface area contributed by atoms with E-state index in [2.05, 4.69) is 10.3 Å². The average Bonchev–Trinajstić information content (AvgIpc) is 2.52. The number of fused-ring (bicyclic) bond motifs is 1. The summed E-state index contributed by atoms with van der Waals surface area (Å²) in [6.45, 7) is 5.91. The van der Waals surface area contributed by atoms with Gasteiger partial charge in [0.25, 0.3) is 0 Å². The molecule has 1 heterocycles. The van der Waals surface area contributed by atoms with Gasteiger partial charge in [-0.15, -0.1) is 0 Å². The van der Waals surface area contributed by atoms with Gasteiger partial charge in [-0.3, -0.25) is 0 Å². The third-order valence-corrected chi connectivity index (χ3v) is 3.90. The molecule has 26 heavy (non-hydrogen) atoms. The van der Waals surface area contributed by atoms with E-state index in [1.165, 1.54) is 18.2 Å². The van der Waals surface area contributed by atoms with Crippen molar-refractivity contribution in [3.05, 3.63) is 58.9 Å². The Morgan fingerprint density at radius 3 is 2.35 bits per heavy atom. The van der Waals surface area contributed by atoms with Gasteiger partial charge in [-0.2, -0.15) is 13.2 Å². The number of aliphatic imine (C=N–C) groups is 1. The second-order valence-electron chi connectivity index (χ2n) is 6.45. The van der Waals surface area contributed by atoms with Gasteiger partial charge in [-0.05, 0) is 39.0 Å². The number of halogens is 4. The van der Waals surface area contributed by atoms with Crippen molar-refractivity contribution < 1.29 is 22.3 Å². The van der Waals surface area contributed by atoms with Crippen LogP contribution in [0.4, 0.5) is 23.2 Å². The number of benzene rings is 2. The molecular formula is C19H18F4N2O. The largest absolute Gasteiger partial charge is 0.466 e. The fraction of sp³-hybridized carbons (Fsp3) is 0.316. The summed E-state index contributed by atoms with van der Waals surface area (Å²) in [7, 11) is 0. The van der Waals surface area contributed by atoms with Crippen LogP contribution in [0.15, 0.2) is 41.4 Å². The lowest BCUT2D eigenvalue weighted by Crippen LogP contribution is -2.33. The van der Waals surface area contributed by atoms with Gasteiger partial charge < -0.3 is 10.1 Å². The Hall–Kier alpha value is -2.57. The predicted molar refractivity (Wildman–Crippen MR) is 92.4 cm³/mol. The second kappa shape index (κ2) is 6.30. The van der Waals surface area contributed by atoms with Crippen LogP contribution in [0, 0.1) is 5.82 Å². The molecule has 0 radical (unpaired) electrons. The number of nitrogens with zero attached hydrogens (tertiary/aromatic N) is 1. The minimum atomic E-state index is -4.43. The van der Waals surface area contributed by atoms with Crippen LogP contribution in [0.3, 0.4) is 0 Å². The molecule has 0 fully saturated rings. The van der Waals surface area contributed by atoms with Crippen molar-refractivity contribution in [3.63, 3.8) is 0 Å². The van der Waals surface area contributed by atoms with Crippen LogP contribution in [-0.4, -0.2) is 18.0 Å². The lowest BCUT2D eigenvalue weighted by atomic mass is 9.97. The number of nitrogens with one attached hydrogen (secondary N) is 1. The van der Waals surface area contributed by atoms with E-state index < -0.39 is 23.3 Å². The van der Waals surface area contributed by atoms with Crippen molar-refractivity contribution in [2.45, 2.75) is 32.7 Å². The van der Waals surface area contributed by atoms with Crippen molar-refractivity contribution in [1.82, 2.24) is 0 Å². The summed E-state index contributed by atoms with van der Waals surface area (Å²) in [6, 6.07) is 7.51. The number of hydrogen-bond acceptors (Lipinski definition) is 3. The van der Waals surface area contributed by atoms with E-state index in [4.69, 9.17) is 4.74 Å². The van der Waals surface area contributed by atoms with E-state index in [9.17, 15) is 17.6 Å². The average molecular weight is 366 g/mol. The minimum Gasteiger partial charge on any atom is -0.466 e. The molecule has 1 N–H and O–H groups in total. The Balaban J connectivity index is 2.11. The molecule has 0 atom stereocenters. The highest BCUT2D eigenvalue weighted by molar-refractivity contribution is 6.15. The fourth-order valence-electron chi connectivity index (χ4n) is 2.84. The van der Waals surface area contributed by atoms with E-state index in [0.717, 1.165) is 12.1 Å². The lowest BCUT2D eigenvalue weighted by Gasteiger charge is -2.31. The van der Waals surface area contributed by atoms with Gasteiger partial charge >= 0.3 is 6.18 Å². The molecule has 7 heteroatoms. The molecule has 0 aromatic heterocycles. The Kier molecular flexibility index (Phi) is 4.42. The van der Waals surface area contributed by atoms with Crippen LogP contribution in [0.25, 0.3) is 0 Å². The van der Waals surface area contributed by atoms with Crippen molar-refractivity contribution in [3.8, 4) is 5.75 Å². The summed E-state index contributed by atoms with van der Waals surface area (Å²) in [5.41, 5.74) is -0.367. The zero-order valence-corrected chi connectivity index (χ0v) is 14.5. The third-order valence-electron chi connectivity index (χ3n) is 3.90. The molecule has 0 bridgehead atoms. The molecule has 0 unspecified atom stereocenters. The molecule has 3 nitrogen and oxygen atoms in total. The topological polar surface area (TPSA) is 33.6 Å². The zero-order chi connectivity index (χ0) is 19.1. The van der Waals surface area contributed by atoms with Gasteiger partial charge in [-0.1, -0.05) is 12.1 Å². The molecular weight excluding hydrogens is 348 g/mol. The third kappa shape index (κ3) is 3.52. The number of ether oxygens (including phenoxy) is 1. The normalized spacial score (nSPS) is 15.7. The molecule has 0 amide bonds. The van der Waals surface area contributed by atoms with Crippen molar-refractivity contribution in [2.75, 3.05) is 11.9 Å². The molecule has 0 aliphatic carbocycles. The first-order valence-electron chi connectivity index (χ1n) is 8.15. The molecule has 3 rings (SSSR count). The number of alkyl halides is 3. The predicted octanol–water partition coefficient (Wildman–Crippen LogP) is 5.24. The highest BCUT2D eigenvalue weighted by Gasteiger charge is 2.33. The van der Waals surface area contributed by atoms with E-state index in [0.29, 0.717) is 23.5 Å². The molecule has 1 aliphatic rings. The van der Waals surface area contributed by atoms with Gasteiger partial charge in [0.2, 0.25) is 0 Å². The van der Waals surface area contributed by atoms with Crippen LogP contribution < -0.4 is 10.1 Å². The lowest BCUT2D eigenvalue weighted by molar-refractivity contribution is -0.137. The van der Waals surface area contributed by atoms with Crippen LogP contribution in [0.5, 0.6) is 5.75 Å². The summed E-state index contributed by atoms with van der Waals surface area (Å²) < 4.78 is 58.9. The highest BCUT2D eigenvalue weighted by atomic mass is 19.4. The molecule has 0 spiro atoms. The molecule has 0 saturated heterocycles. The van der Waals surface area contributed by atoms with Crippen molar-refractivity contribution in [1.29, 1.82) is 0 Å². The first kappa shape index (κ1) is 18.2. The summed E-state index contributed by atoms with van der Waals surface area (Å²) in [6.07, 6.45) is -4.43. The molecule has 0 saturated carbocycles. The fourth-order valence-corrected chi connectivity index (χ4v) is 2.84. The van der Waals surface area contributed by atoms with Gasteiger partial charge in [0, 0.05) is 23.9 Å². The number of anilines is 1. The monoisotopic (exact) mass is 366 g/mol. The summed E-state index contributed by atoms with van der Waals surface area (Å²) in [4.78, 5) is 4.41. The Morgan fingerprint density at radius 2 is 1.77 bits per heavy atom. The van der Waals surface area contributed by atoms with Crippen LogP contribution in [0.1, 0.15) is 37.5 Å². The number of hydrogen-bond donors (Lipinski definition) is 1. The maximum atomic E-state index is 14.7. The quantitative estimate of drug-likeness (QED) is 0.754. The maximum absolute atomic E-state index is 14.7. The van der Waals surface area contributed by atoms with Crippen molar-refractivity contribution >= 4 is 11.4 Å². The highest BCUT2D eigenvalue weighted by Crippen LogP contribution is 2.37. The van der Waals surface area contributed by atoms with Gasteiger partial charge in [-0.25, -0.2) is 9.38 Å². The molecule has 2 aromatic rings. The Bertz CT molecular complexity index is 855. The zero-order valence-electron chi connectivity index (χ0n) is 14.5. The van der Waals surface area contributed by atoms with Crippen molar-refractivity contribution in [2.24, 2.45) is 4.99 Å². The summed E-state index contributed by atoms with van der Waals surface area (Å²) in [5, 5.41) is 3.02. The minimum absolute atomic E-state index is 0.144. The molecule has 138 valence electrons. The molecule has 1 aliphatic heterocycles. The Labute approximate surface area is 148 Å². The first-order valence-corrected chi connectivity index (χ1v) is 8.15. The Morgan fingerprint density at radius 1 is 1.12 bits per heavy atom. The van der Waals surface area contributed by atoms with E-state index >= 15 is 0 Å². The summed E-state index contributed by atoms with van der Waals surface area (Å²) >= 11 is 0. The van der Waals surface area contributed by atoms with E-state index in [1.54, 1.807) is 19.9 Å². The van der Waals surface area contributed by atoms with Crippen LogP contribution >= 0.6 is 0 Å². The van der Waals surface area contributed by atoms with Gasteiger partial charge in [0.15, 0.2) is 5.72 Å².